The van der Waals surface area contributed by atoms with Crippen LogP contribution in [0.1, 0.15) is 0 Å². The molecule has 0 fully saturated rings. The van der Waals surface area contributed by atoms with Crippen molar-refractivity contribution in [3.05, 3.63) is 0 Å². The summed E-state index contributed by atoms with van der Waals surface area (Å²) in [6.45, 7) is 0. The summed E-state index contributed by atoms with van der Waals surface area (Å²) in [5.74, 6) is 0. The summed E-state index contributed by atoms with van der Waals surface area (Å²) in [5.41, 5.74) is 0. The Morgan fingerprint density at radius 3 is 0.312 bits per heavy atom. The molecular weight excluding hydrogens is 443 g/mol. The van der Waals surface area contributed by atoms with Gasteiger partial charge in [-0.25, -0.2) is 55.9 Å². The van der Waals surface area contributed by atoms with Crippen LogP contribution in [0, 0.1) is 71.6 Å². The first-order valence-electron chi connectivity index (χ1n) is 1.85. The summed E-state index contributed by atoms with van der Waals surface area (Å²) < 4.78 is 102. The largest absolute Gasteiger partial charge is 3.00 e. The van der Waals surface area contributed by atoms with Gasteiger partial charge in [0.1, 0.15) is 0 Å². The Hall–Kier alpha value is 1.74. The van der Waals surface area contributed by atoms with E-state index in [0.29, 0.717) is 0 Å². The summed E-state index contributed by atoms with van der Waals surface area (Å²) in [5, 5.41) is 0. The fourth-order valence-corrected chi connectivity index (χ4v) is 0. The third kappa shape index (κ3) is 1130. The fraction of sp³-hybridized carbons (Fsp3) is 0. The van der Waals surface area contributed by atoms with Crippen molar-refractivity contribution < 1.29 is 127 Å². The minimum Gasteiger partial charge on any atom is -0.222 e. The standard InChI is InChI=1S/3ClHO4.Nd/c3*2-1(3,4)5;/h3*(H,2,3,4,5);/q;;;+3/p-3. The van der Waals surface area contributed by atoms with E-state index in [-0.39, 0.29) is 40.8 Å². The molecule has 0 saturated heterocycles. The van der Waals surface area contributed by atoms with E-state index in [1.807, 2.05) is 0 Å². The van der Waals surface area contributed by atoms with Gasteiger partial charge in [0.25, 0.3) is 0 Å². The maximum Gasteiger partial charge on any atom is 3.00 e. The van der Waals surface area contributed by atoms with Crippen LogP contribution in [0.2, 0.25) is 0 Å². The molecule has 97 valence electrons. The first-order chi connectivity index (χ1) is 6.00. The number of hydrogen-bond acceptors (Lipinski definition) is 12. The van der Waals surface area contributed by atoms with Gasteiger partial charge >= 0.3 is 40.8 Å². The van der Waals surface area contributed by atoms with E-state index in [1.54, 1.807) is 0 Å². The van der Waals surface area contributed by atoms with Crippen LogP contribution in [0.3, 0.4) is 0 Å². The van der Waals surface area contributed by atoms with Crippen LogP contribution in [0.15, 0.2) is 0 Å². The van der Waals surface area contributed by atoms with Crippen LogP contribution >= 0.6 is 0 Å². The molecule has 0 rings (SSSR count). The Bertz CT molecular complexity index is 91.3. The predicted molar refractivity (Wildman–Crippen MR) is 0 cm³/mol. The van der Waals surface area contributed by atoms with Crippen LogP contribution in [0.5, 0.6) is 0 Å². The van der Waals surface area contributed by atoms with Gasteiger partial charge in [0.2, 0.25) is 0 Å². The number of halogens is 3. The minimum atomic E-state index is -4.94. The second-order valence-corrected chi connectivity index (χ2v) is 3.40. The molecule has 0 bridgehead atoms. The van der Waals surface area contributed by atoms with E-state index in [4.69, 9.17) is 55.9 Å². The summed E-state index contributed by atoms with van der Waals surface area (Å²) in [4.78, 5) is 0. The van der Waals surface area contributed by atoms with Crippen molar-refractivity contribution in [3.8, 4) is 0 Å². The normalized spacial score (nSPS) is 11.2. The van der Waals surface area contributed by atoms with Crippen LogP contribution < -0.4 is 55.9 Å². The second-order valence-electron chi connectivity index (χ2n) is 1.13. The molecule has 0 amide bonds. The third-order valence-corrected chi connectivity index (χ3v) is 0. The van der Waals surface area contributed by atoms with Gasteiger partial charge in [-0.3, -0.25) is 0 Å². The van der Waals surface area contributed by atoms with Crippen molar-refractivity contribution in [1.82, 2.24) is 0 Å². The van der Waals surface area contributed by atoms with Gasteiger partial charge in [-0.2, -0.15) is 0 Å². The van der Waals surface area contributed by atoms with Crippen molar-refractivity contribution in [2.75, 3.05) is 0 Å². The zero-order chi connectivity index (χ0) is 13.5. The van der Waals surface area contributed by atoms with E-state index in [0.717, 1.165) is 0 Å². The SMILES string of the molecule is [Nd+3].[O-][Cl+3]([O-])([O-])[O-].[O-][Cl+3]([O-])([O-])[O-].[O-][Cl+3]([O-])([O-])[O-]. The van der Waals surface area contributed by atoms with Crippen molar-refractivity contribution in [3.63, 3.8) is 0 Å². The average Bonchev–Trinajstić information content (AvgIpc) is 1.41. The van der Waals surface area contributed by atoms with E-state index < -0.39 is 30.7 Å². The molecule has 0 aromatic heterocycles. The summed E-state index contributed by atoms with van der Waals surface area (Å²) in [6.07, 6.45) is 0. The van der Waals surface area contributed by atoms with Crippen molar-refractivity contribution in [2.45, 2.75) is 0 Å². The van der Waals surface area contributed by atoms with Crippen LogP contribution in [-0.4, -0.2) is 0 Å². The van der Waals surface area contributed by atoms with Crippen LogP contribution in [-0.2, 0) is 0 Å². The Morgan fingerprint density at radius 2 is 0.312 bits per heavy atom. The first kappa shape index (κ1) is 26.3. The third-order valence-electron chi connectivity index (χ3n) is 0. The molecule has 0 spiro atoms. The Balaban J connectivity index is -0.0000000655. The van der Waals surface area contributed by atoms with Gasteiger partial charge in [-0.1, -0.05) is 0 Å². The molecule has 0 atom stereocenters. The summed E-state index contributed by atoms with van der Waals surface area (Å²) >= 11 is 0. The maximum absolute atomic E-state index is 8.49. The summed E-state index contributed by atoms with van der Waals surface area (Å²) in [7, 11) is -14.8. The van der Waals surface area contributed by atoms with E-state index in [1.165, 1.54) is 0 Å². The Labute approximate surface area is 126 Å². The van der Waals surface area contributed by atoms with E-state index >= 15 is 0 Å². The quantitative estimate of drug-likeness (QED) is 0.338. The van der Waals surface area contributed by atoms with E-state index in [2.05, 4.69) is 0 Å². The molecule has 0 saturated carbocycles. The number of rotatable bonds is 0. The Kier molecular flexibility index (Phi) is 17.5. The molecule has 0 unspecified atom stereocenters. The molecule has 16 heavy (non-hydrogen) atoms. The Morgan fingerprint density at radius 1 is 0.312 bits per heavy atom. The first-order valence-corrected chi connectivity index (χ1v) is 5.55. The number of hydrogen-bond donors (Lipinski definition) is 0. The molecule has 0 aliphatic rings. The van der Waals surface area contributed by atoms with Gasteiger partial charge in [0.15, 0.2) is 0 Å². The minimum absolute atomic E-state index is 0. The second kappa shape index (κ2) is 10.6. The zero-order valence-electron chi connectivity index (χ0n) is 6.53. The monoisotopic (exact) mass is 439 g/mol. The summed E-state index contributed by atoms with van der Waals surface area (Å²) in [6, 6.07) is 0. The van der Waals surface area contributed by atoms with Crippen molar-refractivity contribution >= 4 is 0 Å². The van der Waals surface area contributed by atoms with Gasteiger partial charge < -0.3 is 0 Å². The van der Waals surface area contributed by atoms with Crippen molar-refractivity contribution in [2.24, 2.45) is 0 Å². The van der Waals surface area contributed by atoms with Crippen LogP contribution in [0.4, 0.5) is 0 Å². The molecular formula is Cl3NdO12. The molecule has 16 heteroatoms. The van der Waals surface area contributed by atoms with Gasteiger partial charge in [0, 0.05) is 0 Å². The molecule has 0 aromatic carbocycles. The molecule has 0 heterocycles. The zero-order valence-corrected chi connectivity index (χ0v) is 12.0. The molecule has 0 aliphatic heterocycles. The molecule has 0 N–H and O–H groups in total. The van der Waals surface area contributed by atoms with Gasteiger partial charge in [-0.05, 0) is 0 Å². The van der Waals surface area contributed by atoms with Crippen molar-refractivity contribution in [1.29, 1.82) is 0 Å². The molecule has 1 radical (unpaired) electrons. The van der Waals surface area contributed by atoms with E-state index in [9.17, 15) is 0 Å². The van der Waals surface area contributed by atoms with Gasteiger partial charge in [0.05, 0.1) is 0 Å². The van der Waals surface area contributed by atoms with Crippen LogP contribution in [0.25, 0.3) is 0 Å². The molecule has 0 aromatic rings. The molecule has 0 aliphatic carbocycles. The topological polar surface area (TPSA) is 277 Å². The van der Waals surface area contributed by atoms with Gasteiger partial charge in [-0.15, -0.1) is 30.7 Å². The smallest absolute Gasteiger partial charge is 0.222 e. The predicted octanol–water partition coefficient (Wildman–Crippen LogP) is -14.3. The average molecular weight is 443 g/mol. The molecule has 12 nitrogen and oxygen atoms in total. The fourth-order valence-electron chi connectivity index (χ4n) is 0. The maximum atomic E-state index is 8.49.